The van der Waals surface area contributed by atoms with Gasteiger partial charge in [0.1, 0.15) is 6.67 Å². The van der Waals surface area contributed by atoms with Gasteiger partial charge in [0.2, 0.25) is 5.82 Å². The lowest BCUT2D eigenvalue weighted by Crippen LogP contribution is -2.10. The molecule has 0 aliphatic rings. The van der Waals surface area contributed by atoms with Gasteiger partial charge in [0.25, 0.3) is 0 Å². The summed E-state index contributed by atoms with van der Waals surface area (Å²) in [6, 6.07) is 6.69. The number of halogens is 6. The topological polar surface area (TPSA) is 79.6 Å². The maximum Gasteiger partial charge on any atom is 0.417 e. The van der Waals surface area contributed by atoms with Gasteiger partial charge in [-0.25, -0.2) is 13.9 Å². The average molecular weight is 488 g/mol. The second kappa shape index (κ2) is 7.67. The molecule has 12 heteroatoms. The molecule has 2 aromatic carbocycles. The van der Waals surface area contributed by atoms with Crippen LogP contribution in [0.25, 0.3) is 22.6 Å². The lowest BCUT2D eigenvalue weighted by atomic mass is 10.1. The molecule has 0 amide bonds. The van der Waals surface area contributed by atoms with Crippen LogP contribution in [0.3, 0.4) is 0 Å². The summed E-state index contributed by atoms with van der Waals surface area (Å²) in [5.74, 6) is -0.231. The van der Waals surface area contributed by atoms with Gasteiger partial charge in [0, 0.05) is 27.7 Å². The van der Waals surface area contributed by atoms with Gasteiger partial charge in [0.15, 0.2) is 17.2 Å². The van der Waals surface area contributed by atoms with Gasteiger partial charge < -0.3 is 9.73 Å². The van der Waals surface area contributed by atoms with Crippen molar-refractivity contribution >= 4 is 32.6 Å². The van der Waals surface area contributed by atoms with Crippen LogP contribution in [0, 0.1) is 5.82 Å². The molecular formula is C18H11BrF5N5O. The van der Waals surface area contributed by atoms with Crippen molar-refractivity contribution in [2.24, 2.45) is 0 Å². The first-order valence-electron chi connectivity index (χ1n) is 8.42. The minimum absolute atomic E-state index is 0.00513. The van der Waals surface area contributed by atoms with E-state index < -0.39 is 24.2 Å². The fourth-order valence-corrected chi connectivity index (χ4v) is 3.47. The molecule has 2 N–H and O–H groups in total. The van der Waals surface area contributed by atoms with Crippen molar-refractivity contribution < 1.29 is 26.4 Å². The lowest BCUT2D eigenvalue weighted by Gasteiger charge is -2.15. The number of furan rings is 1. The zero-order valence-corrected chi connectivity index (χ0v) is 16.4. The zero-order valence-electron chi connectivity index (χ0n) is 14.8. The molecule has 0 saturated carbocycles. The van der Waals surface area contributed by atoms with E-state index in [0.717, 1.165) is 6.07 Å². The van der Waals surface area contributed by atoms with E-state index in [0.29, 0.717) is 5.39 Å². The number of nitrogens with one attached hydrogen (secondary N) is 2. The van der Waals surface area contributed by atoms with Gasteiger partial charge >= 0.3 is 6.18 Å². The van der Waals surface area contributed by atoms with Crippen LogP contribution in [-0.2, 0) is 19.4 Å². The van der Waals surface area contributed by atoms with E-state index in [1.807, 2.05) is 0 Å². The summed E-state index contributed by atoms with van der Waals surface area (Å²) in [6.45, 7) is -1.24. The molecule has 30 heavy (non-hydrogen) atoms. The molecule has 0 bridgehead atoms. The molecule has 4 aromatic rings. The number of H-pyrrole nitrogens is 1. The van der Waals surface area contributed by atoms with Crippen molar-refractivity contribution in [2.75, 3.05) is 5.32 Å². The third-order valence-corrected chi connectivity index (χ3v) is 5.30. The first kappa shape index (κ1) is 20.3. The lowest BCUT2D eigenvalue weighted by molar-refractivity contribution is -0.138. The number of rotatable bonds is 5. The fourth-order valence-electron chi connectivity index (χ4n) is 2.91. The Labute approximate surface area is 173 Å². The van der Waals surface area contributed by atoms with Crippen LogP contribution in [0.4, 0.5) is 27.6 Å². The number of alkyl halides is 4. The van der Waals surface area contributed by atoms with Crippen molar-refractivity contribution in [3.05, 3.63) is 57.3 Å². The monoisotopic (exact) mass is 487 g/mol. The van der Waals surface area contributed by atoms with Crippen molar-refractivity contribution in [2.45, 2.75) is 19.4 Å². The number of anilines is 1. The number of benzene rings is 2. The number of aromatic amines is 1. The Kier molecular flexibility index (Phi) is 5.18. The Bertz CT molecular complexity index is 1210. The second-order valence-electron chi connectivity index (χ2n) is 6.30. The molecule has 2 aromatic heterocycles. The van der Waals surface area contributed by atoms with Gasteiger partial charge in [-0.3, -0.25) is 0 Å². The number of fused-ring (bicyclic) bond motifs is 1. The number of nitrogens with zero attached hydrogens (tertiary/aromatic N) is 3. The minimum atomic E-state index is -4.68. The van der Waals surface area contributed by atoms with E-state index in [1.165, 1.54) is 12.1 Å². The fraction of sp³-hybridized carbons (Fsp3) is 0.167. The molecule has 4 rings (SSSR count). The van der Waals surface area contributed by atoms with Crippen LogP contribution in [0.1, 0.15) is 16.7 Å². The molecule has 0 atom stereocenters. The summed E-state index contributed by atoms with van der Waals surface area (Å²) < 4.78 is 72.7. The predicted octanol–water partition coefficient (Wildman–Crippen LogP) is 5.61. The molecule has 0 fully saturated rings. The quantitative estimate of drug-likeness (QED) is 0.357. The second-order valence-corrected chi connectivity index (χ2v) is 7.09. The highest BCUT2D eigenvalue weighted by Crippen LogP contribution is 2.39. The van der Waals surface area contributed by atoms with E-state index in [2.05, 4.69) is 41.9 Å². The predicted molar refractivity (Wildman–Crippen MR) is 101 cm³/mol. The molecule has 2 heterocycles. The summed E-state index contributed by atoms with van der Waals surface area (Å²) in [5.41, 5.74) is -1.08. The maximum absolute atomic E-state index is 14.9. The first-order valence-corrected chi connectivity index (χ1v) is 9.21. The molecule has 6 nitrogen and oxygen atoms in total. The SMILES string of the molecule is FCc1cc(NCc2ccc3cc(-c4nnn[nH]4)oc3c2F)cc(C(F)(F)F)c1Br. The van der Waals surface area contributed by atoms with Crippen LogP contribution in [0.5, 0.6) is 0 Å². The van der Waals surface area contributed by atoms with Gasteiger partial charge in [-0.05, 0) is 50.1 Å². The van der Waals surface area contributed by atoms with Gasteiger partial charge in [0.05, 0.1) is 5.56 Å². The molecule has 156 valence electrons. The highest BCUT2D eigenvalue weighted by molar-refractivity contribution is 9.10. The van der Waals surface area contributed by atoms with Crippen molar-refractivity contribution in [3.8, 4) is 11.6 Å². The Morgan fingerprint density at radius 3 is 2.60 bits per heavy atom. The van der Waals surface area contributed by atoms with Crippen LogP contribution in [0.15, 0.2) is 39.2 Å². The molecule has 0 aliphatic heterocycles. The van der Waals surface area contributed by atoms with Crippen molar-refractivity contribution in [3.63, 3.8) is 0 Å². The smallest absolute Gasteiger partial charge is 0.417 e. The summed E-state index contributed by atoms with van der Waals surface area (Å²) in [4.78, 5) is 0. The Morgan fingerprint density at radius 2 is 1.93 bits per heavy atom. The minimum Gasteiger partial charge on any atom is -0.450 e. The summed E-state index contributed by atoms with van der Waals surface area (Å²) in [7, 11) is 0. The van der Waals surface area contributed by atoms with E-state index in [4.69, 9.17) is 4.42 Å². The highest BCUT2D eigenvalue weighted by Gasteiger charge is 2.34. The third-order valence-electron chi connectivity index (χ3n) is 4.37. The van der Waals surface area contributed by atoms with E-state index in [-0.39, 0.29) is 45.0 Å². The van der Waals surface area contributed by atoms with E-state index in [1.54, 1.807) is 12.1 Å². The zero-order chi connectivity index (χ0) is 21.5. The standard InChI is InChI=1S/C18H11BrF5N5O/c19-14-10(6-20)3-11(5-12(14)18(22,23)24)25-7-9-2-1-8-4-13(17-26-28-29-27-17)30-16(8)15(9)21/h1-5,25H,6-7H2,(H,26,27,28,29). The van der Waals surface area contributed by atoms with Crippen LogP contribution < -0.4 is 5.32 Å². The molecule has 0 spiro atoms. The normalized spacial score (nSPS) is 11.9. The number of hydrogen-bond acceptors (Lipinski definition) is 5. The van der Waals surface area contributed by atoms with Gasteiger partial charge in [-0.2, -0.15) is 13.2 Å². The van der Waals surface area contributed by atoms with Gasteiger partial charge in [-0.1, -0.05) is 12.1 Å². The van der Waals surface area contributed by atoms with Gasteiger partial charge in [-0.15, -0.1) is 5.10 Å². The largest absolute Gasteiger partial charge is 0.450 e. The maximum atomic E-state index is 14.9. The average Bonchev–Trinajstić information content (AvgIpc) is 3.37. The molecule has 0 aliphatic carbocycles. The Morgan fingerprint density at radius 1 is 1.13 bits per heavy atom. The summed E-state index contributed by atoms with van der Waals surface area (Å²) >= 11 is 2.79. The van der Waals surface area contributed by atoms with Crippen molar-refractivity contribution in [1.29, 1.82) is 0 Å². The van der Waals surface area contributed by atoms with E-state index in [9.17, 15) is 22.0 Å². The van der Waals surface area contributed by atoms with Crippen LogP contribution in [0.2, 0.25) is 0 Å². The van der Waals surface area contributed by atoms with Crippen molar-refractivity contribution in [1.82, 2.24) is 20.6 Å². The van der Waals surface area contributed by atoms with Crippen LogP contribution >= 0.6 is 15.9 Å². The Balaban J connectivity index is 1.63. The number of aromatic nitrogens is 4. The van der Waals surface area contributed by atoms with Crippen LogP contribution in [-0.4, -0.2) is 20.6 Å². The molecule has 0 radical (unpaired) electrons. The molecule has 0 saturated heterocycles. The first-order chi connectivity index (χ1) is 14.3. The summed E-state index contributed by atoms with van der Waals surface area (Å²) in [6.07, 6.45) is -4.68. The third kappa shape index (κ3) is 3.74. The Hall–Kier alpha value is -3.02. The molecule has 0 unspecified atom stereocenters. The van der Waals surface area contributed by atoms with E-state index >= 15 is 0 Å². The number of tetrazole rings is 1. The molecular weight excluding hydrogens is 477 g/mol. The summed E-state index contributed by atoms with van der Waals surface area (Å²) in [5, 5.41) is 16.2. The number of hydrogen-bond donors (Lipinski definition) is 2. The highest BCUT2D eigenvalue weighted by atomic mass is 79.9.